The topological polar surface area (TPSA) is 47.4 Å². The number of amides is 1. The van der Waals surface area contributed by atoms with Crippen LogP contribution in [0.5, 0.6) is 5.75 Å². The summed E-state index contributed by atoms with van der Waals surface area (Å²) < 4.78 is 8.45. The number of thioether (sulfide) groups is 1. The van der Waals surface area contributed by atoms with Crippen LogP contribution in [0, 0.1) is 0 Å². The maximum atomic E-state index is 13.4. The molecule has 202 valence electrons. The van der Waals surface area contributed by atoms with Crippen molar-refractivity contribution >= 4 is 63.5 Å². The first-order valence-corrected chi connectivity index (χ1v) is 15.0. The molecule has 0 radical (unpaired) electrons. The SMILES string of the molecule is O=C1/C(=C/c2cn(-c3ccccc3)nc2-c2ccc(OCc3ccc(Cl)cc3Cl)cc2)SC(=S)N1C1CCCC1. The Morgan fingerprint density at radius 3 is 2.50 bits per heavy atom. The molecule has 6 rings (SSSR count). The Hall–Kier alpha value is -3.10. The smallest absolute Gasteiger partial charge is 0.266 e. The van der Waals surface area contributed by atoms with Gasteiger partial charge in [0.25, 0.3) is 5.91 Å². The Kier molecular flexibility index (Phi) is 7.98. The molecule has 2 heterocycles. The van der Waals surface area contributed by atoms with Crippen LogP contribution in [0.1, 0.15) is 36.8 Å². The van der Waals surface area contributed by atoms with Crippen molar-refractivity contribution in [3.05, 3.63) is 105 Å². The monoisotopic (exact) mass is 605 g/mol. The van der Waals surface area contributed by atoms with E-state index in [0.717, 1.165) is 53.8 Å². The molecule has 40 heavy (non-hydrogen) atoms. The second-order valence-corrected chi connectivity index (χ2v) is 12.3. The molecule has 1 amide bonds. The number of para-hydroxylation sites is 1. The van der Waals surface area contributed by atoms with E-state index in [1.54, 1.807) is 12.1 Å². The van der Waals surface area contributed by atoms with Crippen molar-refractivity contribution in [3.63, 3.8) is 0 Å². The zero-order valence-electron chi connectivity index (χ0n) is 21.4. The third kappa shape index (κ3) is 5.70. The lowest BCUT2D eigenvalue weighted by atomic mass is 10.1. The average Bonchev–Trinajstić information content (AvgIpc) is 3.69. The summed E-state index contributed by atoms with van der Waals surface area (Å²) in [4.78, 5) is 15.8. The van der Waals surface area contributed by atoms with Crippen LogP contribution in [0.15, 0.2) is 83.9 Å². The predicted molar refractivity (Wildman–Crippen MR) is 167 cm³/mol. The molecule has 0 atom stereocenters. The Balaban J connectivity index is 1.29. The van der Waals surface area contributed by atoms with Gasteiger partial charge >= 0.3 is 0 Å². The molecule has 1 aliphatic carbocycles. The number of rotatable bonds is 7. The van der Waals surface area contributed by atoms with Gasteiger partial charge in [0, 0.05) is 39.0 Å². The van der Waals surface area contributed by atoms with E-state index in [9.17, 15) is 4.79 Å². The molecule has 5 nitrogen and oxygen atoms in total. The standard InChI is InChI=1S/C31H25Cl2N3O2S2/c32-23-13-10-21(27(33)17-23)19-38-26-14-11-20(12-15-26)29-22(18-35(34-29)24-6-2-1-3-7-24)16-28-30(37)36(31(39)40-28)25-8-4-5-9-25/h1-3,6-7,10-18,25H,4-5,8-9,19H2/b28-16-. The van der Waals surface area contributed by atoms with E-state index in [2.05, 4.69) is 0 Å². The van der Waals surface area contributed by atoms with Crippen molar-refractivity contribution in [2.24, 2.45) is 0 Å². The number of thiocarbonyl (C=S) groups is 1. The lowest BCUT2D eigenvalue weighted by Gasteiger charge is -2.21. The Morgan fingerprint density at radius 1 is 1.02 bits per heavy atom. The highest BCUT2D eigenvalue weighted by atomic mass is 35.5. The number of hydrogen-bond acceptors (Lipinski definition) is 5. The van der Waals surface area contributed by atoms with Crippen molar-refractivity contribution < 1.29 is 9.53 Å². The van der Waals surface area contributed by atoms with Crippen molar-refractivity contribution in [3.8, 4) is 22.7 Å². The van der Waals surface area contributed by atoms with Crippen LogP contribution in [0.3, 0.4) is 0 Å². The molecule has 9 heteroatoms. The van der Waals surface area contributed by atoms with Gasteiger partial charge in [-0.15, -0.1) is 0 Å². The minimum atomic E-state index is -0.00933. The summed E-state index contributed by atoms with van der Waals surface area (Å²) in [5, 5.41) is 6.07. The molecular formula is C31H25Cl2N3O2S2. The maximum Gasteiger partial charge on any atom is 0.266 e. The van der Waals surface area contributed by atoms with Gasteiger partial charge in [0.2, 0.25) is 0 Å². The molecule has 1 aliphatic heterocycles. The highest BCUT2D eigenvalue weighted by Gasteiger charge is 2.38. The third-order valence-corrected chi connectivity index (χ3v) is 9.02. The molecule has 3 aromatic carbocycles. The molecule has 1 saturated heterocycles. The third-order valence-electron chi connectivity index (χ3n) is 7.10. The highest BCUT2D eigenvalue weighted by Crippen LogP contribution is 2.39. The lowest BCUT2D eigenvalue weighted by Crippen LogP contribution is -2.36. The lowest BCUT2D eigenvalue weighted by molar-refractivity contribution is -0.123. The van der Waals surface area contributed by atoms with Gasteiger partial charge < -0.3 is 4.74 Å². The molecule has 2 fully saturated rings. The molecule has 0 N–H and O–H groups in total. The summed E-state index contributed by atoms with van der Waals surface area (Å²) in [6.45, 7) is 0.325. The fourth-order valence-corrected chi connectivity index (χ4v) is 6.89. The first-order chi connectivity index (χ1) is 19.5. The first kappa shape index (κ1) is 27.1. The number of carbonyl (C=O) groups is 1. The average molecular weight is 607 g/mol. The molecule has 2 aliphatic rings. The van der Waals surface area contributed by atoms with Gasteiger partial charge in [0.1, 0.15) is 16.7 Å². The van der Waals surface area contributed by atoms with Crippen LogP contribution < -0.4 is 4.74 Å². The second kappa shape index (κ2) is 11.8. The van der Waals surface area contributed by atoms with Crippen molar-refractivity contribution in [1.29, 1.82) is 0 Å². The minimum Gasteiger partial charge on any atom is -0.489 e. The number of carbonyl (C=O) groups excluding carboxylic acids is 1. The largest absolute Gasteiger partial charge is 0.489 e. The first-order valence-electron chi connectivity index (χ1n) is 13.1. The van der Waals surface area contributed by atoms with Gasteiger partial charge in [-0.2, -0.15) is 5.10 Å². The van der Waals surface area contributed by atoms with E-state index in [0.29, 0.717) is 31.6 Å². The van der Waals surface area contributed by atoms with Gasteiger partial charge in [0.05, 0.1) is 16.3 Å². The maximum absolute atomic E-state index is 13.4. The normalized spacial score (nSPS) is 16.9. The number of hydrogen-bond donors (Lipinski definition) is 0. The Labute approximate surface area is 252 Å². The summed E-state index contributed by atoms with van der Waals surface area (Å²) in [7, 11) is 0. The molecule has 0 spiro atoms. The zero-order chi connectivity index (χ0) is 27.6. The highest BCUT2D eigenvalue weighted by molar-refractivity contribution is 8.26. The van der Waals surface area contributed by atoms with Crippen LogP contribution in [-0.2, 0) is 11.4 Å². The van der Waals surface area contributed by atoms with Gasteiger partial charge in [-0.1, -0.05) is 84.3 Å². The quantitative estimate of drug-likeness (QED) is 0.156. The number of aromatic nitrogens is 2. The van der Waals surface area contributed by atoms with E-state index in [1.165, 1.54) is 11.8 Å². The molecule has 0 bridgehead atoms. The van der Waals surface area contributed by atoms with E-state index in [-0.39, 0.29) is 11.9 Å². The van der Waals surface area contributed by atoms with Crippen molar-refractivity contribution in [1.82, 2.24) is 14.7 Å². The number of nitrogens with zero attached hydrogens (tertiary/aromatic N) is 3. The van der Waals surface area contributed by atoms with Crippen LogP contribution in [-0.4, -0.2) is 30.9 Å². The summed E-state index contributed by atoms with van der Waals surface area (Å²) in [6, 6.07) is 23.2. The number of ether oxygens (including phenoxy) is 1. The fraction of sp³-hybridized carbons (Fsp3) is 0.194. The van der Waals surface area contributed by atoms with Gasteiger partial charge in [0.15, 0.2) is 0 Å². The number of benzene rings is 3. The van der Waals surface area contributed by atoms with E-state index in [1.807, 2.05) is 82.5 Å². The van der Waals surface area contributed by atoms with Crippen molar-refractivity contribution in [2.75, 3.05) is 0 Å². The molecule has 4 aromatic rings. The number of halogens is 2. The van der Waals surface area contributed by atoms with Crippen molar-refractivity contribution in [2.45, 2.75) is 38.3 Å². The fourth-order valence-electron chi connectivity index (χ4n) is 5.04. The molecular weight excluding hydrogens is 581 g/mol. The van der Waals surface area contributed by atoms with E-state index in [4.69, 9.17) is 45.3 Å². The Bertz CT molecular complexity index is 1600. The van der Waals surface area contributed by atoms with E-state index >= 15 is 0 Å². The zero-order valence-corrected chi connectivity index (χ0v) is 24.6. The van der Waals surface area contributed by atoms with Gasteiger partial charge in [-0.25, -0.2) is 4.68 Å². The Morgan fingerprint density at radius 2 is 1.77 bits per heavy atom. The summed E-state index contributed by atoms with van der Waals surface area (Å²) in [6.07, 6.45) is 8.18. The molecule has 0 unspecified atom stereocenters. The van der Waals surface area contributed by atoms with Crippen LogP contribution in [0.2, 0.25) is 10.0 Å². The predicted octanol–water partition coefficient (Wildman–Crippen LogP) is 8.57. The van der Waals surface area contributed by atoms with Crippen LogP contribution in [0.25, 0.3) is 23.0 Å². The molecule has 1 aromatic heterocycles. The minimum absolute atomic E-state index is 0.00933. The van der Waals surface area contributed by atoms with E-state index < -0.39 is 0 Å². The molecule has 1 saturated carbocycles. The van der Waals surface area contributed by atoms with Gasteiger partial charge in [-0.05, 0) is 67.4 Å². The van der Waals surface area contributed by atoms with Crippen LogP contribution in [0.4, 0.5) is 0 Å². The van der Waals surface area contributed by atoms with Crippen LogP contribution >= 0.6 is 47.2 Å². The summed E-state index contributed by atoms with van der Waals surface area (Å²) >= 11 is 19.3. The van der Waals surface area contributed by atoms with Gasteiger partial charge in [-0.3, -0.25) is 9.69 Å². The summed E-state index contributed by atoms with van der Waals surface area (Å²) in [5.41, 5.74) is 4.31. The second-order valence-electron chi connectivity index (χ2n) is 9.75. The summed E-state index contributed by atoms with van der Waals surface area (Å²) in [5.74, 6) is 0.696.